The lowest BCUT2D eigenvalue weighted by Gasteiger charge is -2.35. The van der Waals surface area contributed by atoms with Gasteiger partial charge in [0.15, 0.2) is 0 Å². The molecule has 1 aromatic rings. The van der Waals surface area contributed by atoms with Gasteiger partial charge in [-0.05, 0) is 44.6 Å². The summed E-state index contributed by atoms with van der Waals surface area (Å²) in [4.78, 5) is 28.4. The Labute approximate surface area is 155 Å². The number of rotatable bonds is 6. The fourth-order valence-corrected chi connectivity index (χ4v) is 2.87. The normalized spacial score (nSPS) is 14.0. The lowest BCUT2D eigenvalue weighted by Crippen LogP contribution is -2.50. The van der Waals surface area contributed by atoms with Crippen LogP contribution in [0, 0.1) is 6.92 Å². The highest BCUT2D eigenvalue weighted by atomic mass is 35.5. The number of hydrogen-bond donors (Lipinski definition) is 1. The molecule has 0 saturated carbocycles. The average molecular weight is 370 g/mol. The molecular formula is C18H28ClN3O3. The number of benzene rings is 1. The Bertz CT molecular complexity index is 587. The van der Waals surface area contributed by atoms with Gasteiger partial charge in [-0.2, -0.15) is 0 Å². The molecule has 0 atom stereocenters. The summed E-state index contributed by atoms with van der Waals surface area (Å²) < 4.78 is 5.29. The van der Waals surface area contributed by atoms with E-state index in [4.69, 9.17) is 4.74 Å². The average Bonchev–Trinajstić information content (AvgIpc) is 2.62. The Kier molecular flexibility index (Phi) is 8.72. The number of nitrogens with one attached hydrogen (secondary N) is 1. The number of carbonyl (C=O) groups excluding carboxylic acids is 2. The first-order chi connectivity index (χ1) is 11.6. The number of amides is 2. The number of ether oxygens (including phenoxy) is 1. The van der Waals surface area contributed by atoms with E-state index in [9.17, 15) is 9.59 Å². The number of nitrogens with zero attached hydrogens (tertiary/aromatic N) is 2. The van der Waals surface area contributed by atoms with Crippen LogP contribution in [-0.2, 0) is 4.79 Å². The van der Waals surface area contributed by atoms with E-state index in [1.54, 1.807) is 13.2 Å². The monoisotopic (exact) mass is 369 g/mol. The minimum atomic E-state index is -0.00409. The highest BCUT2D eigenvalue weighted by Gasteiger charge is 2.24. The Morgan fingerprint density at radius 1 is 1.16 bits per heavy atom. The second-order valence-corrected chi connectivity index (χ2v) is 6.06. The lowest BCUT2D eigenvalue weighted by atomic mass is 10.1. The van der Waals surface area contributed by atoms with Crippen LogP contribution in [-0.4, -0.2) is 68.5 Å². The summed E-state index contributed by atoms with van der Waals surface area (Å²) in [5, 5.41) is 3.05. The van der Waals surface area contributed by atoms with E-state index in [1.165, 1.54) is 0 Å². The number of aryl methyl sites for hydroxylation is 1. The van der Waals surface area contributed by atoms with Gasteiger partial charge in [-0.25, -0.2) is 0 Å². The van der Waals surface area contributed by atoms with Crippen LogP contribution < -0.4 is 10.1 Å². The van der Waals surface area contributed by atoms with Gasteiger partial charge in [0.05, 0.1) is 7.11 Å². The van der Waals surface area contributed by atoms with Gasteiger partial charge >= 0.3 is 0 Å². The van der Waals surface area contributed by atoms with Gasteiger partial charge in [0.2, 0.25) is 5.91 Å². The van der Waals surface area contributed by atoms with Gasteiger partial charge < -0.3 is 19.9 Å². The second-order valence-electron chi connectivity index (χ2n) is 6.06. The smallest absolute Gasteiger partial charge is 0.254 e. The van der Waals surface area contributed by atoms with E-state index < -0.39 is 0 Å². The maximum Gasteiger partial charge on any atom is 0.254 e. The summed E-state index contributed by atoms with van der Waals surface area (Å²) in [6.07, 6.45) is 1.40. The van der Waals surface area contributed by atoms with Crippen molar-refractivity contribution in [3.8, 4) is 5.75 Å². The summed E-state index contributed by atoms with van der Waals surface area (Å²) in [6, 6.07) is 5.51. The van der Waals surface area contributed by atoms with Gasteiger partial charge in [0.25, 0.3) is 5.91 Å². The molecule has 0 radical (unpaired) electrons. The molecule has 1 N–H and O–H groups in total. The van der Waals surface area contributed by atoms with Crippen molar-refractivity contribution in [1.82, 2.24) is 15.1 Å². The molecular weight excluding hydrogens is 342 g/mol. The fourth-order valence-electron chi connectivity index (χ4n) is 2.87. The van der Waals surface area contributed by atoms with Gasteiger partial charge in [-0.15, -0.1) is 12.4 Å². The van der Waals surface area contributed by atoms with Crippen LogP contribution in [0.4, 0.5) is 0 Å². The molecule has 1 heterocycles. The SMILES string of the molecule is CNCCCC(=O)N1CCN(C(=O)c2ccc(C)c(OC)c2)CC1.Cl. The van der Waals surface area contributed by atoms with Gasteiger partial charge in [-0.1, -0.05) is 6.07 Å². The number of hydrogen-bond acceptors (Lipinski definition) is 4. The summed E-state index contributed by atoms with van der Waals surface area (Å²) in [5.74, 6) is 0.893. The van der Waals surface area contributed by atoms with Crippen molar-refractivity contribution in [2.45, 2.75) is 19.8 Å². The Hall–Kier alpha value is -1.79. The van der Waals surface area contributed by atoms with Crippen molar-refractivity contribution in [2.24, 2.45) is 0 Å². The molecule has 1 fully saturated rings. The number of carbonyl (C=O) groups is 2. The summed E-state index contributed by atoms with van der Waals surface area (Å²) >= 11 is 0. The Morgan fingerprint density at radius 3 is 2.40 bits per heavy atom. The van der Waals surface area contributed by atoms with Crippen LogP contribution in [0.1, 0.15) is 28.8 Å². The highest BCUT2D eigenvalue weighted by molar-refractivity contribution is 5.95. The summed E-state index contributed by atoms with van der Waals surface area (Å²) in [7, 11) is 3.49. The second kappa shape index (κ2) is 10.3. The fraction of sp³-hybridized carbons (Fsp3) is 0.556. The molecule has 0 aromatic heterocycles. The topological polar surface area (TPSA) is 61.9 Å². The quantitative estimate of drug-likeness (QED) is 0.775. The van der Waals surface area contributed by atoms with Crippen molar-refractivity contribution < 1.29 is 14.3 Å². The van der Waals surface area contributed by atoms with E-state index in [-0.39, 0.29) is 24.2 Å². The van der Waals surface area contributed by atoms with Crippen LogP contribution in [0.2, 0.25) is 0 Å². The van der Waals surface area contributed by atoms with Crippen LogP contribution in [0.5, 0.6) is 5.75 Å². The Morgan fingerprint density at radius 2 is 1.80 bits per heavy atom. The molecule has 0 unspecified atom stereocenters. The molecule has 140 valence electrons. The third kappa shape index (κ3) is 5.61. The van der Waals surface area contributed by atoms with Crippen molar-refractivity contribution >= 4 is 24.2 Å². The first-order valence-corrected chi connectivity index (χ1v) is 8.43. The molecule has 0 spiro atoms. The predicted octanol–water partition coefficient (Wildman–Crippen LogP) is 1.71. The van der Waals surface area contributed by atoms with E-state index in [0.29, 0.717) is 38.2 Å². The molecule has 1 saturated heterocycles. The molecule has 6 nitrogen and oxygen atoms in total. The van der Waals surface area contributed by atoms with Crippen molar-refractivity contribution in [3.05, 3.63) is 29.3 Å². The van der Waals surface area contributed by atoms with Crippen molar-refractivity contribution in [1.29, 1.82) is 0 Å². The van der Waals surface area contributed by atoms with Crippen LogP contribution in [0.25, 0.3) is 0 Å². The zero-order valence-electron chi connectivity index (χ0n) is 15.2. The molecule has 1 aliphatic rings. The van der Waals surface area contributed by atoms with E-state index in [2.05, 4.69) is 5.32 Å². The maximum atomic E-state index is 12.6. The lowest BCUT2D eigenvalue weighted by molar-refractivity contribution is -0.132. The van der Waals surface area contributed by atoms with E-state index in [0.717, 1.165) is 24.3 Å². The minimum absolute atomic E-state index is 0. The molecule has 0 aliphatic carbocycles. The molecule has 2 rings (SSSR count). The third-order valence-electron chi connectivity index (χ3n) is 4.39. The predicted molar refractivity (Wildman–Crippen MR) is 101 cm³/mol. The Balaban J connectivity index is 0.00000312. The minimum Gasteiger partial charge on any atom is -0.496 e. The molecule has 1 aromatic carbocycles. The third-order valence-corrected chi connectivity index (χ3v) is 4.39. The van der Waals surface area contributed by atoms with Crippen molar-refractivity contribution in [2.75, 3.05) is 46.9 Å². The zero-order chi connectivity index (χ0) is 17.5. The number of methoxy groups -OCH3 is 1. The maximum absolute atomic E-state index is 12.6. The van der Waals surface area contributed by atoms with Crippen molar-refractivity contribution in [3.63, 3.8) is 0 Å². The summed E-state index contributed by atoms with van der Waals surface area (Å²) in [6.45, 7) is 5.16. The largest absolute Gasteiger partial charge is 0.496 e. The van der Waals surface area contributed by atoms with E-state index in [1.807, 2.05) is 35.9 Å². The van der Waals surface area contributed by atoms with Gasteiger partial charge in [0, 0.05) is 38.2 Å². The molecule has 25 heavy (non-hydrogen) atoms. The first-order valence-electron chi connectivity index (χ1n) is 8.43. The standard InChI is InChI=1S/C18H27N3O3.ClH/c1-14-6-7-15(13-16(14)24-3)18(23)21-11-9-20(10-12-21)17(22)5-4-8-19-2;/h6-7,13,19H,4-5,8-12H2,1-3H3;1H. The van der Waals surface area contributed by atoms with Crippen LogP contribution in [0.15, 0.2) is 18.2 Å². The molecule has 0 bridgehead atoms. The number of halogens is 1. The molecule has 7 heteroatoms. The number of piperazine rings is 1. The van der Waals surface area contributed by atoms with Gasteiger partial charge in [-0.3, -0.25) is 9.59 Å². The zero-order valence-corrected chi connectivity index (χ0v) is 16.0. The highest BCUT2D eigenvalue weighted by Crippen LogP contribution is 2.20. The molecule has 2 amide bonds. The first kappa shape index (κ1) is 21.3. The summed E-state index contributed by atoms with van der Waals surface area (Å²) in [5.41, 5.74) is 1.64. The van der Waals surface area contributed by atoms with Crippen LogP contribution >= 0.6 is 12.4 Å². The van der Waals surface area contributed by atoms with Gasteiger partial charge in [0.1, 0.15) is 5.75 Å². The molecule has 1 aliphatic heterocycles. The van der Waals surface area contributed by atoms with Crippen LogP contribution in [0.3, 0.4) is 0 Å². The van der Waals surface area contributed by atoms with E-state index >= 15 is 0 Å².